The van der Waals surface area contributed by atoms with Crippen LogP contribution < -0.4 is 77.6 Å². The summed E-state index contributed by atoms with van der Waals surface area (Å²) in [4.78, 5) is 0. The number of para-hydroxylation sites is 2. The molecule has 9 heteroatoms. The van der Waals surface area contributed by atoms with E-state index in [-0.39, 0.29) is 20.1 Å². The molecule has 0 radical (unpaired) electrons. The molecule has 18 aromatic rings. The van der Waals surface area contributed by atoms with Gasteiger partial charge in [-0.2, -0.15) is 0 Å². The van der Waals surface area contributed by atoms with E-state index in [1.54, 1.807) is 0 Å². The summed E-state index contributed by atoms with van der Waals surface area (Å²) in [6.45, 7) is 0.0289. The fourth-order valence-corrected chi connectivity index (χ4v) is 17.9. The first kappa shape index (κ1) is 68.7. The van der Waals surface area contributed by atoms with Gasteiger partial charge in [0.25, 0.3) is 20.1 Å². The van der Waals surface area contributed by atoms with E-state index in [1.165, 1.54) is 33.4 Å². The second-order valence-corrected chi connectivity index (χ2v) is 30.3. The summed E-state index contributed by atoms with van der Waals surface area (Å²) in [5.74, 6) is 10.5. The van der Waals surface area contributed by atoms with Gasteiger partial charge in [-0.25, -0.2) is 0 Å². The Bertz CT molecular complexity index is 6750. The molecule has 0 saturated carbocycles. The molecule has 0 aliphatic carbocycles. The molecule has 0 atom stereocenters. The van der Waals surface area contributed by atoms with Crippen LogP contribution >= 0.6 is 0 Å². The molecule has 0 amide bonds. The molecule has 6 heterocycles. The Kier molecular flexibility index (Phi) is 17.1. The quantitative estimate of drug-likeness (QED) is 0.134. The zero-order valence-electron chi connectivity index (χ0n) is 63.5. The van der Waals surface area contributed by atoms with E-state index < -0.39 is 0 Å². The van der Waals surface area contributed by atoms with Crippen molar-refractivity contribution >= 4 is 69.3 Å². The normalized spacial score (nSPS) is 12.5. The molecule has 6 nitrogen and oxygen atoms in total. The molecule has 0 N–H and O–H groups in total. The van der Waals surface area contributed by atoms with Crippen LogP contribution in [-0.2, 0) is 0 Å². The zero-order chi connectivity index (χ0) is 77.3. The van der Waals surface area contributed by atoms with E-state index >= 15 is 0 Å². The lowest BCUT2D eigenvalue weighted by atomic mass is 9.34. The minimum atomic E-state index is -0.000326. The summed E-state index contributed by atoms with van der Waals surface area (Å²) in [6, 6.07) is 147. The Labute approximate surface area is 681 Å². The van der Waals surface area contributed by atoms with E-state index in [4.69, 9.17) is 28.4 Å². The van der Waals surface area contributed by atoms with Crippen LogP contribution in [0.5, 0.6) is 69.0 Å². The number of benzene rings is 18. The second kappa shape index (κ2) is 29.2. The van der Waals surface area contributed by atoms with Crippen LogP contribution in [0.2, 0.25) is 0 Å². The average Bonchev–Trinajstić information content (AvgIpc) is 0.727. The smallest absolute Gasteiger partial charge is 0.260 e. The van der Waals surface area contributed by atoms with Gasteiger partial charge in [-0.3, -0.25) is 0 Å². The molecular formula is C108H69B3O6. The van der Waals surface area contributed by atoms with E-state index in [0.717, 1.165) is 185 Å². The maximum absolute atomic E-state index is 6.82. The molecule has 6 aliphatic heterocycles. The van der Waals surface area contributed by atoms with Gasteiger partial charge in [-0.15, -0.1) is 0 Å². The van der Waals surface area contributed by atoms with Gasteiger partial charge in [-0.05, 0) is 182 Å². The number of hydrogen-bond donors (Lipinski definition) is 0. The van der Waals surface area contributed by atoms with Crippen molar-refractivity contribution in [2.75, 3.05) is 0 Å². The van der Waals surface area contributed by atoms with Gasteiger partial charge in [0.1, 0.15) is 69.0 Å². The molecule has 0 unspecified atom stereocenters. The van der Waals surface area contributed by atoms with E-state index in [2.05, 4.69) is 376 Å². The van der Waals surface area contributed by atoms with Crippen LogP contribution in [0.3, 0.4) is 0 Å². The van der Waals surface area contributed by atoms with Crippen molar-refractivity contribution in [2.45, 2.75) is 0 Å². The van der Waals surface area contributed by atoms with Crippen molar-refractivity contribution in [1.82, 2.24) is 0 Å². The third-order valence-electron chi connectivity index (χ3n) is 23.4. The third kappa shape index (κ3) is 12.5. The minimum absolute atomic E-state index is 0.000326. The van der Waals surface area contributed by atoms with Crippen molar-refractivity contribution in [3.05, 3.63) is 419 Å². The largest absolute Gasteiger partial charge is 0.458 e. The Morgan fingerprint density at radius 1 is 0.128 bits per heavy atom. The second-order valence-electron chi connectivity index (χ2n) is 30.3. The summed E-state index contributed by atoms with van der Waals surface area (Å²) in [5, 5.41) is 0. The van der Waals surface area contributed by atoms with Crippen molar-refractivity contribution < 1.29 is 28.4 Å². The SMILES string of the molecule is c1ccc(-c2cc3c4c(c2)Oc2c(cccc2-c2ccccc2)B4c2cc(-c4ccccc4)ccc2O3)cc1.c1ccc(-c2ccc3c(c2)Oc2cc(-c4ccccc4)cc4c2B3c2cc(-c3ccccc3)ccc2O4)cc1.c1ccc(-c2ccc3c(c2)Oc2cc(-c4ccccc4)cc4c2B3c2cccc(-c3ccccc3)c2O4)cc1. The minimum Gasteiger partial charge on any atom is -0.458 e. The molecule has 0 fully saturated rings. The topological polar surface area (TPSA) is 55.4 Å². The van der Waals surface area contributed by atoms with E-state index in [9.17, 15) is 0 Å². The average molecular weight is 1500 g/mol. The summed E-state index contributed by atoms with van der Waals surface area (Å²) in [7, 11) is 0. The summed E-state index contributed by atoms with van der Waals surface area (Å²) < 4.78 is 40.3. The summed E-state index contributed by atoms with van der Waals surface area (Å²) in [6.07, 6.45) is 0. The van der Waals surface area contributed by atoms with Gasteiger partial charge in [0, 0.05) is 27.5 Å². The molecule has 6 aliphatic rings. The lowest BCUT2D eigenvalue weighted by Gasteiger charge is -2.34. The molecule has 0 aromatic heterocycles. The number of rotatable bonds is 9. The van der Waals surface area contributed by atoms with Gasteiger partial charge < -0.3 is 28.4 Å². The van der Waals surface area contributed by atoms with E-state index in [1.807, 2.05) is 42.5 Å². The first-order chi connectivity index (χ1) is 58.0. The standard InChI is InChI=1S/3C36H23BO2/c1-4-11-24(12-5-1)27-19-20-30-32(21-27)38-33-22-28(25-13-6-2-7-14-25)23-34-35(33)37(30)31-18-10-17-29(36(31)39-34)26-15-8-3-9-16-26;1-4-11-24(12-5-1)27-19-20-32-31(21-27)37-30-18-10-17-29(26-15-8-3-9-16-26)36(30)39-34-23-28(22-33(38-32)35(34)37)25-13-6-2-7-14-25;1-4-10-24(11-5-1)27-17-19-32-31(20-27)37-30-18-16-28(25-12-6-2-7-13-25)21-33(30)39-35-23-29(22-34(38-32)36(35)37)26-14-8-3-9-15-26/h3*1-23H. The summed E-state index contributed by atoms with van der Waals surface area (Å²) >= 11 is 0. The first-order valence-corrected chi connectivity index (χ1v) is 39.9. The number of ether oxygens (including phenoxy) is 6. The first-order valence-electron chi connectivity index (χ1n) is 39.9. The lowest BCUT2D eigenvalue weighted by Crippen LogP contribution is -2.57. The van der Waals surface area contributed by atoms with Crippen molar-refractivity contribution in [3.8, 4) is 169 Å². The number of hydrogen-bond acceptors (Lipinski definition) is 6. The fourth-order valence-electron chi connectivity index (χ4n) is 17.9. The predicted molar refractivity (Wildman–Crippen MR) is 481 cm³/mol. The molecule has 546 valence electrons. The van der Waals surface area contributed by atoms with Gasteiger partial charge in [0.15, 0.2) is 0 Å². The van der Waals surface area contributed by atoms with Crippen molar-refractivity contribution in [2.24, 2.45) is 0 Å². The Hall–Kier alpha value is -15.0. The maximum atomic E-state index is 6.82. The van der Waals surface area contributed by atoms with Gasteiger partial charge in [-0.1, -0.05) is 358 Å². The van der Waals surface area contributed by atoms with Gasteiger partial charge in [0.05, 0.1) is 0 Å². The Balaban J connectivity index is 0.000000106. The highest BCUT2D eigenvalue weighted by Crippen LogP contribution is 2.47. The van der Waals surface area contributed by atoms with Gasteiger partial charge in [0.2, 0.25) is 0 Å². The predicted octanol–water partition coefficient (Wildman–Crippen LogP) is 22.2. The molecule has 0 spiro atoms. The highest BCUT2D eigenvalue weighted by atomic mass is 16.5. The Morgan fingerprint density at radius 2 is 0.359 bits per heavy atom. The highest BCUT2D eigenvalue weighted by Gasteiger charge is 2.45. The molecule has 0 bridgehead atoms. The zero-order valence-corrected chi connectivity index (χ0v) is 63.5. The van der Waals surface area contributed by atoms with Crippen LogP contribution in [0.1, 0.15) is 0 Å². The molecule has 18 aromatic carbocycles. The van der Waals surface area contributed by atoms with Gasteiger partial charge >= 0.3 is 0 Å². The van der Waals surface area contributed by atoms with Crippen LogP contribution in [0.15, 0.2) is 419 Å². The van der Waals surface area contributed by atoms with Crippen LogP contribution in [0, 0.1) is 0 Å². The monoisotopic (exact) mass is 1490 g/mol. The molecule has 24 rings (SSSR count). The fraction of sp³-hybridized carbons (Fsp3) is 0. The Morgan fingerprint density at radius 3 is 0.667 bits per heavy atom. The molecule has 117 heavy (non-hydrogen) atoms. The maximum Gasteiger partial charge on any atom is 0.260 e. The van der Waals surface area contributed by atoms with Crippen LogP contribution in [0.4, 0.5) is 0 Å². The van der Waals surface area contributed by atoms with Crippen LogP contribution in [0.25, 0.3) is 100 Å². The van der Waals surface area contributed by atoms with E-state index in [0.29, 0.717) is 0 Å². The van der Waals surface area contributed by atoms with Crippen LogP contribution in [-0.4, -0.2) is 20.1 Å². The summed E-state index contributed by atoms with van der Waals surface area (Å²) in [5.41, 5.74) is 30.7. The lowest BCUT2D eigenvalue weighted by molar-refractivity contribution is 0.464. The molecular weight excluding hydrogens is 1430 g/mol. The molecule has 0 saturated heterocycles. The highest BCUT2D eigenvalue weighted by molar-refractivity contribution is 7.00. The third-order valence-corrected chi connectivity index (χ3v) is 23.4. The van der Waals surface area contributed by atoms with Crippen molar-refractivity contribution in [1.29, 1.82) is 0 Å². The van der Waals surface area contributed by atoms with Crippen molar-refractivity contribution in [3.63, 3.8) is 0 Å². The number of fused-ring (bicyclic) bond motifs is 12.